The molecule has 0 unspecified atom stereocenters. The molecule has 0 aliphatic rings. The molecule has 0 radical (unpaired) electrons. The zero-order chi connectivity index (χ0) is 17.8. The highest BCUT2D eigenvalue weighted by atomic mass is 79.9. The van der Waals surface area contributed by atoms with Crippen molar-refractivity contribution >= 4 is 44.5 Å². The first-order valence-electron chi connectivity index (χ1n) is 7.77. The molecule has 3 rings (SSSR count). The van der Waals surface area contributed by atoms with Crippen molar-refractivity contribution in [1.29, 1.82) is 0 Å². The average Bonchev–Trinajstić information content (AvgIpc) is 2.91. The number of amides is 2. The van der Waals surface area contributed by atoms with Gasteiger partial charge < -0.3 is 15.2 Å². The molecule has 0 saturated heterocycles. The fourth-order valence-electron chi connectivity index (χ4n) is 2.55. The number of imidazole rings is 1. The van der Waals surface area contributed by atoms with Crippen LogP contribution < -0.4 is 10.6 Å². The SMILES string of the molecule is CC(=O)NCc1nc2ccccc2n1CC(=O)Nc1cccc(Br)c1. The summed E-state index contributed by atoms with van der Waals surface area (Å²) in [5.74, 6) is 0.336. The van der Waals surface area contributed by atoms with Gasteiger partial charge in [-0.15, -0.1) is 0 Å². The third-order valence-electron chi connectivity index (χ3n) is 3.64. The molecular formula is C18H17BrN4O2. The van der Waals surface area contributed by atoms with Crippen molar-refractivity contribution in [2.24, 2.45) is 0 Å². The van der Waals surface area contributed by atoms with Crippen molar-refractivity contribution in [1.82, 2.24) is 14.9 Å². The van der Waals surface area contributed by atoms with Crippen molar-refractivity contribution < 1.29 is 9.59 Å². The second-order valence-electron chi connectivity index (χ2n) is 5.57. The highest BCUT2D eigenvalue weighted by Crippen LogP contribution is 2.18. The van der Waals surface area contributed by atoms with E-state index < -0.39 is 0 Å². The van der Waals surface area contributed by atoms with Crippen LogP contribution in [0.1, 0.15) is 12.7 Å². The minimum Gasteiger partial charge on any atom is -0.349 e. The van der Waals surface area contributed by atoms with E-state index in [1.54, 1.807) is 0 Å². The zero-order valence-corrected chi connectivity index (χ0v) is 15.2. The van der Waals surface area contributed by atoms with E-state index in [9.17, 15) is 9.59 Å². The first-order chi connectivity index (χ1) is 12.0. The Morgan fingerprint density at radius 2 is 1.96 bits per heavy atom. The predicted molar refractivity (Wildman–Crippen MR) is 100 cm³/mol. The maximum atomic E-state index is 12.5. The molecule has 2 aromatic carbocycles. The number of carbonyl (C=O) groups excluding carboxylic acids is 2. The van der Waals surface area contributed by atoms with Crippen LogP contribution in [0.15, 0.2) is 53.0 Å². The van der Waals surface area contributed by atoms with Crippen LogP contribution in [0, 0.1) is 0 Å². The number of carbonyl (C=O) groups is 2. The fraction of sp³-hybridized carbons (Fsp3) is 0.167. The first-order valence-corrected chi connectivity index (χ1v) is 8.56. The third kappa shape index (κ3) is 4.24. The number of benzene rings is 2. The molecule has 1 aromatic heterocycles. The zero-order valence-electron chi connectivity index (χ0n) is 13.6. The molecule has 3 aromatic rings. The van der Waals surface area contributed by atoms with Crippen LogP contribution in [0.25, 0.3) is 11.0 Å². The Morgan fingerprint density at radius 1 is 1.16 bits per heavy atom. The lowest BCUT2D eigenvalue weighted by molar-refractivity contribution is -0.119. The van der Waals surface area contributed by atoms with Crippen molar-refractivity contribution in [2.75, 3.05) is 5.32 Å². The summed E-state index contributed by atoms with van der Waals surface area (Å²) in [6, 6.07) is 15.0. The van der Waals surface area contributed by atoms with Gasteiger partial charge in [0.1, 0.15) is 12.4 Å². The van der Waals surface area contributed by atoms with Crippen LogP contribution in [0.5, 0.6) is 0 Å². The molecule has 0 aliphatic carbocycles. The van der Waals surface area contributed by atoms with E-state index in [0.29, 0.717) is 11.5 Å². The van der Waals surface area contributed by atoms with Gasteiger partial charge in [0.2, 0.25) is 11.8 Å². The highest BCUT2D eigenvalue weighted by Gasteiger charge is 2.14. The topological polar surface area (TPSA) is 76.0 Å². The lowest BCUT2D eigenvalue weighted by Gasteiger charge is -2.10. The quantitative estimate of drug-likeness (QED) is 0.690. The van der Waals surface area contributed by atoms with Crippen LogP contribution in [0.4, 0.5) is 5.69 Å². The molecule has 0 atom stereocenters. The average molecular weight is 401 g/mol. The number of halogens is 1. The fourth-order valence-corrected chi connectivity index (χ4v) is 2.95. The van der Waals surface area contributed by atoms with Gasteiger partial charge in [0.15, 0.2) is 0 Å². The molecule has 0 saturated carbocycles. The maximum Gasteiger partial charge on any atom is 0.244 e. The van der Waals surface area contributed by atoms with E-state index >= 15 is 0 Å². The number of nitrogens with one attached hydrogen (secondary N) is 2. The summed E-state index contributed by atoms with van der Waals surface area (Å²) in [4.78, 5) is 28.2. The van der Waals surface area contributed by atoms with Crippen LogP contribution in [-0.4, -0.2) is 21.4 Å². The largest absolute Gasteiger partial charge is 0.349 e. The van der Waals surface area contributed by atoms with Crippen molar-refractivity contribution in [3.05, 3.63) is 58.8 Å². The van der Waals surface area contributed by atoms with Gasteiger partial charge in [0, 0.05) is 17.1 Å². The van der Waals surface area contributed by atoms with Gasteiger partial charge in [0.25, 0.3) is 0 Å². The van der Waals surface area contributed by atoms with E-state index in [-0.39, 0.29) is 24.9 Å². The van der Waals surface area contributed by atoms with Gasteiger partial charge in [-0.25, -0.2) is 4.98 Å². The van der Waals surface area contributed by atoms with E-state index in [1.807, 2.05) is 53.1 Å². The number of rotatable bonds is 5. The summed E-state index contributed by atoms with van der Waals surface area (Å²) >= 11 is 3.38. The highest BCUT2D eigenvalue weighted by molar-refractivity contribution is 9.10. The Labute approximate surface area is 153 Å². The summed E-state index contributed by atoms with van der Waals surface area (Å²) in [6.07, 6.45) is 0. The molecular weight excluding hydrogens is 384 g/mol. The van der Waals surface area contributed by atoms with Gasteiger partial charge in [-0.05, 0) is 30.3 Å². The molecule has 2 amide bonds. The minimum absolute atomic E-state index is 0.113. The van der Waals surface area contributed by atoms with Gasteiger partial charge in [0.05, 0.1) is 17.6 Å². The minimum atomic E-state index is -0.162. The van der Waals surface area contributed by atoms with Crippen LogP contribution >= 0.6 is 15.9 Å². The van der Waals surface area contributed by atoms with Crippen molar-refractivity contribution in [3.8, 4) is 0 Å². The Morgan fingerprint density at radius 3 is 2.72 bits per heavy atom. The summed E-state index contributed by atoms with van der Waals surface area (Å²) in [7, 11) is 0. The molecule has 25 heavy (non-hydrogen) atoms. The Hall–Kier alpha value is -2.67. The number of fused-ring (bicyclic) bond motifs is 1. The number of hydrogen-bond acceptors (Lipinski definition) is 3. The van der Waals surface area contributed by atoms with Gasteiger partial charge in [-0.3, -0.25) is 9.59 Å². The molecule has 0 spiro atoms. The van der Waals surface area contributed by atoms with Crippen molar-refractivity contribution in [2.45, 2.75) is 20.0 Å². The first kappa shape index (κ1) is 17.2. The normalized spacial score (nSPS) is 10.6. The lowest BCUT2D eigenvalue weighted by Crippen LogP contribution is -2.24. The Kier molecular flexibility index (Phi) is 5.14. The lowest BCUT2D eigenvalue weighted by atomic mass is 10.3. The van der Waals surface area contributed by atoms with E-state index in [0.717, 1.165) is 15.5 Å². The Bertz CT molecular complexity index is 936. The summed E-state index contributed by atoms with van der Waals surface area (Å²) in [6.45, 7) is 1.84. The molecule has 7 heteroatoms. The second-order valence-corrected chi connectivity index (χ2v) is 6.49. The van der Waals surface area contributed by atoms with Gasteiger partial charge in [-0.2, -0.15) is 0 Å². The number of anilines is 1. The maximum absolute atomic E-state index is 12.5. The van der Waals surface area contributed by atoms with Gasteiger partial charge >= 0.3 is 0 Å². The number of aromatic nitrogens is 2. The summed E-state index contributed by atoms with van der Waals surface area (Å²) in [5, 5.41) is 5.61. The molecule has 2 N–H and O–H groups in total. The van der Waals surface area contributed by atoms with E-state index in [1.165, 1.54) is 6.92 Å². The van der Waals surface area contributed by atoms with Crippen molar-refractivity contribution in [3.63, 3.8) is 0 Å². The Balaban J connectivity index is 1.84. The standard InChI is InChI=1S/C18H17BrN4O2/c1-12(24)20-10-17-22-15-7-2-3-8-16(15)23(17)11-18(25)21-14-6-4-5-13(19)9-14/h2-9H,10-11H2,1H3,(H,20,24)(H,21,25). The van der Waals surface area contributed by atoms with Crippen LogP contribution in [0.3, 0.4) is 0 Å². The molecule has 0 aliphatic heterocycles. The van der Waals surface area contributed by atoms with E-state index in [4.69, 9.17) is 0 Å². The second kappa shape index (κ2) is 7.48. The predicted octanol–water partition coefficient (Wildman–Crippen LogP) is 3.07. The third-order valence-corrected chi connectivity index (χ3v) is 4.13. The number of para-hydroxylation sites is 2. The summed E-state index contributed by atoms with van der Waals surface area (Å²) in [5.41, 5.74) is 2.36. The molecule has 0 fully saturated rings. The number of hydrogen-bond donors (Lipinski definition) is 2. The molecule has 6 nitrogen and oxygen atoms in total. The molecule has 0 bridgehead atoms. The van der Waals surface area contributed by atoms with E-state index in [2.05, 4.69) is 31.5 Å². The molecule has 1 heterocycles. The van der Waals surface area contributed by atoms with Crippen LogP contribution in [-0.2, 0) is 22.7 Å². The molecule has 128 valence electrons. The van der Waals surface area contributed by atoms with Crippen LogP contribution in [0.2, 0.25) is 0 Å². The smallest absolute Gasteiger partial charge is 0.244 e. The van der Waals surface area contributed by atoms with Gasteiger partial charge in [-0.1, -0.05) is 34.1 Å². The monoisotopic (exact) mass is 400 g/mol. The number of nitrogens with zero attached hydrogens (tertiary/aromatic N) is 2. The summed E-state index contributed by atoms with van der Waals surface area (Å²) < 4.78 is 2.71.